The van der Waals surface area contributed by atoms with Crippen LogP contribution in [0.4, 0.5) is 5.82 Å². The molecule has 2 aromatic carbocycles. The summed E-state index contributed by atoms with van der Waals surface area (Å²) in [4.78, 5) is -0.157. The molecule has 1 aromatic heterocycles. The van der Waals surface area contributed by atoms with Gasteiger partial charge in [-0.1, -0.05) is 11.2 Å². The second-order valence-corrected chi connectivity index (χ2v) is 8.33. The Labute approximate surface area is 186 Å². The number of methoxy groups -OCH3 is 3. The Bertz CT molecular complexity index is 1260. The lowest BCUT2D eigenvalue weighted by atomic mass is 10.1. The third kappa shape index (κ3) is 4.33. The lowest BCUT2D eigenvalue weighted by Crippen LogP contribution is -2.15. The third-order valence-electron chi connectivity index (χ3n) is 4.70. The first-order chi connectivity index (χ1) is 15.2. The summed E-state index contributed by atoms with van der Waals surface area (Å²) in [7, 11) is 1.83. The summed E-state index contributed by atoms with van der Waals surface area (Å²) in [6.07, 6.45) is 1.78. The van der Waals surface area contributed by atoms with Crippen molar-refractivity contribution in [3.05, 3.63) is 42.1 Å². The SMILES string of the molecule is C=NN(C)/C=C(\C)c1cc(OC)c2c(NS(=O)(=O)c3c(OC)cccc3OC)noc2c1. The van der Waals surface area contributed by atoms with E-state index in [0.717, 1.165) is 11.1 Å². The van der Waals surface area contributed by atoms with E-state index in [4.69, 9.17) is 18.7 Å². The fourth-order valence-corrected chi connectivity index (χ4v) is 4.48. The average molecular weight is 461 g/mol. The number of sulfonamides is 1. The van der Waals surface area contributed by atoms with Crippen molar-refractivity contribution in [2.75, 3.05) is 33.1 Å². The van der Waals surface area contributed by atoms with Crippen LogP contribution in [0.1, 0.15) is 12.5 Å². The van der Waals surface area contributed by atoms with Crippen molar-refractivity contribution >= 4 is 39.1 Å². The Morgan fingerprint density at radius 2 is 1.78 bits per heavy atom. The minimum atomic E-state index is -4.15. The number of nitrogens with zero attached hydrogens (tertiary/aromatic N) is 3. The molecule has 3 rings (SSSR count). The maximum atomic E-state index is 13.2. The monoisotopic (exact) mass is 460 g/mol. The van der Waals surface area contributed by atoms with E-state index < -0.39 is 10.0 Å². The van der Waals surface area contributed by atoms with Gasteiger partial charge in [0.05, 0.1) is 21.3 Å². The van der Waals surface area contributed by atoms with Gasteiger partial charge < -0.3 is 18.7 Å². The maximum absolute atomic E-state index is 13.2. The van der Waals surface area contributed by atoms with Crippen LogP contribution < -0.4 is 18.9 Å². The highest BCUT2D eigenvalue weighted by Crippen LogP contribution is 2.38. The van der Waals surface area contributed by atoms with Gasteiger partial charge in [0.2, 0.25) is 0 Å². The molecule has 0 aliphatic carbocycles. The molecule has 0 radical (unpaired) electrons. The van der Waals surface area contributed by atoms with E-state index in [0.29, 0.717) is 16.7 Å². The molecule has 0 aliphatic heterocycles. The number of fused-ring (bicyclic) bond motifs is 1. The van der Waals surface area contributed by atoms with Crippen LogP contribution in [-0.2, 0) is 10.0 Å². The zero-order valence-electron chi connectivity index (χ0n) is 18.4. The van der Waals surface area contributed by atoms with Gasteiger partial charge in [-0.05, 0) is 42.3 Å². The topological polar surface area (TPSA) is 115 Å². The number of ether oxygens (including phenoxy) is 3. The van der Waals surface area contributed by atoms with Crippen LogP contribution in [-0.4, -0.2) is 53.7 Å². The van der Waals surface area contributed by atoms with E-state index in [1.807, 2.05) is 6.92 Å². The molecular formula is C21H24N4O6S. The molecule has 0 saturated heterocycles. The summed E-state index contributed by atoms with van der Waals surface area (Å²) in [5.74, 6) is 0.604. The first kappa shape index (κ1) is 22.9. The number of benzene rings is 2. The summed E-state index contributed by atoms with van der Waals surface area (Å²) in [5, 5.41) is 9.65. The molecule has 170 valence electrons. The Kier molecular flexibility index (Phi) is 6.58. The summed E-state index contributed by atoms with van der Waals surface area (Å²) in [6, 6.07) is 8.16. The summed E-state index contributed by atoms with van der Waals surface area (Å²) < 4.78 is 50.2. The number of aromatic nitrogens is 1. The lowest BCUT2D eigenvalue weighted by Gasteiger charge is -2.14. The number of allylic oxidation sites excluding steroid dienone is 1. The predicted molar refractivity (Wildman–Crippen MR) is 122 cm³/mol. The Morgan fingerprint density at radius 1 is 1.16 bits per heavy atom. The Hall–Kier alpha value is -3.73. The summed E-state index contributed by atoms with van der Waals surface area (Å²) in [5.41, 5.74) is 1.98. The molecule has 0 fully saturated rings. The van der Waals surface area contributed by atoms with Crippen molar-refractivity contribution in [3.8, 4) is 17.2 Å². The van der Waals surface area contributed by atoms with Crippen molar-refractivity contribution in [2.45, 2.75) is 11.8 Å². The molecule has 0 atom stereocenters. The van der Waals surface area contributed by atoms with Gasteiger partial charge >= 0.3 is 0 Å². The zero-order chi connectivity index (χ0) is 23.5. The normalized spacial score (nSPS) is 11.8. The molecule has 0 spiro atoms. The number of hydrogen-bond acceptors (Lipinski definition) is 9. The van der Waals surface area contributed by atoms with Crippen LogP contribution >= 0.6 is 0 Å². The summed E-state index contributed by atoms with van der Waals surface area (Å²) >= 11 is 0. The second-order valence-electron chi connectivity index (χ2n) is 6.71. The lowest BCUT2D eigenvalue weighted by molar-refractivity contribution is 0.373. The van der Waals surface area contributed by atoms with Crippen LogP contribution in [0.2, 0.25) is 0 Å². The molecular weight excluding hydrogens is 436 g/mol. The van der Waals surface area contributed by atoms with Gasteiger partial charge in [0, 0.05) is 20.0 Å². The highest BCUT2D eigenvalue weighted by atomic mass is 32.2. The highest BCUT2D eigenvalue weighted by Gasteiger charge is 2.28. The van der Waals surface area contributed by atoms with E-state index in [1.165, 1.54) is 33.5 Å². The number of rotatable bonds is 9. The molecule has 0 amide bonds. The molecule has 1 N–H and O–H groups in total. The van der Waals surface area contributed by atoms with Crippen molar-refractivity contribution in [1.82, 2.24) is 10.2 Å². The first-order valence-corrected chi connectivity index (χ1v) is 10.8. The Balaban J connectivity index is 2.10. The van der Waals surface area contributed by atoms with Crippen LogP contribution in [0.25, 0.3) is 16.5 Å². The van der Waals surface area contributed by atoms with Gasteiger partial charge in [-0.25, -0.2) is 8.42 Å². The van der Waals surface area contributed by atoms with Crippen molar-refractivity contribution in [3.63, 3.8) is 0 Å². The van der Waals surface area contributed by atoms with Crippen LogP contribution in [0, 0.1) is 0 Å². The van der Waals surface area contributed by atoms with Crippen molar-refractivity contribution < 1.29 is 27.2 Å². The summed E-state index contributed by atoms with van der Waals surface area (Å²) in [6.45, 7) is 5.36. The van der Waals surface area contributed by atoms with Crippen LogP contribution in [0.15, 0.2) is 51.1 Å². The van der Waals surface area contributed by atoms with Gasteiger partial charge in [0.1, 0.15) is 22.6 Å². The minimum Gasteiger partial charge on any atom is -0.496 e. The average Bonchev–Trinajstić information content (AvgIpc) is 3.19. The van der Waals surface area contributed by atoms with Gasteiger partial charge in [0.15, 0.2) is 16.3 Å². The number of nitrogens with one attached hydrogen (secondary N) is 1. The number of hydrogen-bond donors (Lipinski definition) is 1. The first-order valence-electron chi connectivity index (χ1n) is 9.35. The molecule has 10 nitrogen and oxygen atoms in total. The molecule has 1 heterocycles. The fraction of sp³-hybridized carbons (Fsp3) is 0.238. The quantitative estimate of drug-likeness (QED) is 0.381. The molecule has 0 saturated carbocycles. The fourth-order valence-electron chi connectivity index (χ4n) is 3.15. The highest BCUT2D eigenvalue weighted by molar-refractivity contribution is 7.93. The van der Waals surface area contributed by atoms with Crippen LogP contribution in [0.3, 0.4) is 0 Å². The van der Waals surface area contributed by atoms with Gasteiger partial charge in [-0.2, -0.15) is 5.10 Å². The van der Waals surface area contributed by atoms with E-state index >= 15 is 0 Å². The number of hydrazone groups is 1. The van der Waals surface area contributed by atoms with Gasteiger partial charge in [-0.3, -0.25) is 9.73 Å². The smallest absolute Gasteiger partial charge is 0.270 e. The molecule has 0 unspecified atom stereocenters. The predicted octanol–water partition coefficient (Wildman–Crippen LogP) is 3.56. The minimum absolute atomic E-state index is 0.0251. The largest absolute Gasteiger partial charge is 0.496 e. The van der Waals surface area contributed by atoms with E-state index in [-0.39, 0.29) is 22.2 Å². The molecule has 0 aliphatic rings. The van der Waals surface area contributed by atoms with Crippen molar-refractivity contribution in [2.24, 2.45) is 5.10 Å². The second kappa shape index (κ2) is 9.18. The molecule has 11 heteroatoms. The zero-order valence-corrected chi connectivity index (χ0v) is 19.2. The van der Waals surface area contributed by atoms with Crippen molar-refractivity contribution in [1.29, 1.82) is 0 Å². The molecule has 32 heavy (non-hydrogen) atoms. The molecule has 3 aromatic rings. The third-order valence-corrected chi connectivity index (χ3v) is 6.10. The van der Waals surface area contributed by atoms with Gasteiger partial charge in [0.25, 0.3) is 10.0 Å². The standard InChI is InChI=1S/C21H24N4O6S/c1-13(12-25(3)22-2)14-10-17(30-6)19-18(11-14)31-23-21(19)24-32(26,27)20-15(28-4)8-7-9-16(20)29-5/h7-12H,2H2,1,3-6H3,(H,23,24)/b13-12+. The molecule has 0 bridgehead atoms. The Morgan fingerprint density at radius 3 is 2.34 bits per heavy atom. The van der Waals surface area contributed by atoms with E-state index in [9.17, 15) is 8.42 Å². The van der Waals surface area contributed by atoms with Crippen LogP contribution in [0.5, 0.6) is 17.2 Å². The van der Waals surface area contributed by atoms with E-state index in [2.05, 4.69) is 21.7 Å². The van der Waals surface area contributed by atoms with Gasteiger partial charge in [-0.15, -0.1) is 0 Å². The number of anilines is 1. The van der Waals surface area contributed by atoms with E-state index in [1.54, 1.807) is 36.5 Å². The maximum Gasteiger partial charge on any atom is 0.270 e.